The highest BCUT2D eigenvalue weighted by molar-refractivity contribution is 5.48. The van der Waals surface area contributed by atoms with Gasteiger partial charge in [-0.2, -0.15) is 0 Å². The molecule has 1 rings (SSSR count). The molecule has 0 aromatic heterocycles. The van der Waals surface area contributed by atoms with Crippen molar-refractivity contribution in [1.29, 1.82) is 0 Å². The molecule has 0 atom stereocenters. The first kappa shape index (κ1) is 22.2. The highest BCUT2D eigenvalue weighted by atomic mass is 35.5. The van der Waals surface area contributed by atoms with Crippen LogP contribution in [0.15, 0.2) is 36.4 Å². The van der Waals surface area contributed by atoms with Crippen molar-refractivity contribution >= 4 is 6.08 Å². The molecule has 0 aliphatic carbocycles. The molecule has 132 valence electrons. The third-order valence-corrected chi connectivity index (χ3v) is 4.56. The fraction of sp³-hybridized carbons (Fsp3) is 0.619. The average molecular weight is 338 g/mol. The van der Waals surface area contributed by atoms with Crippen LogP contribution in [0.4, 0.5) is 0 Å². The van der Waals surface area contributed by atoms with E-state index in [1.807, 2.05) is 0 Å². The molecule has 1 aromatic carbocycles. The van der Waals surface area contributed by atoms with Crippen molar-refractivity contribution in [2.75, 3.05) is 26.2 Å². The van der Waals surface area contributed by atoms with E-state index in [0.717, 1.165) is 0 Å². The summed E-state index contributed by atoms with van der Waals surface area (Å²) in [7, 11) is 0. The number of halogens is 1. The molecule has 0 saturated heterocycles. The Balaban J connectivity index is 0.00000484. The van der Waals surface area contributed by atoms with E-state index < -0.39 is 0 Å². The van der Waals surface area contributed by atoms with Crippen LogP contribution in [0.5, 0.6) is 0 Å². The Bertz CT molecular complexity index is 378. The standard InChI is InChI=1S/C21H36N.ClH/c1-4-7-17-22(18-8-5-2,19-9-6-3)20-13-16-21-14-11-10-12-15-21;/h10-16H,4-9,17-20H2,1-3H3;1H/q+1;/p-1. The van der Waals surface area contributed by atoms with Gasteiger partial charge in [0.05, 0.1) is 26.2 Å². The van der Waals surface area contributed by atoms with Gasteiger partial charge in [-0.05, 0) is 30.9 Å². The summed E-state index contributed by atoms with van der Waals surface area (Å²) in [5, 5.41) is 0. The van der Waals surface area contributed by atoms with E-state index in [4.69, 9.17) is 0 Å². The van der Waals surface area contributed by atoms with Crippen LogP contribution in [0.25, 0.3) is 6.08 Å². The highest BCUT2D eigenvalue weighted by Crippen LogP contribution is 2.15. The zero-order chi connectivity index (χ0) is 16.1. The van der Waals surface area contributed by atoms with E-state index in [9.17, 15) is 0 Å². The van der Waals surface area contributed by atoms with Crippen LogP contribution in [0, 0.1) is 0 Å². The molecule has 0 amide bonds. The average Bonchev–Trinajstić information content (AvgIpc) is 2.57. The van der Waals surface area contributed by atoms with Gasteiger partial charge in [0.2, 0.25) is 0 Å². The number of quaternary nitrogens is 1. The molecule has 1 aromatic rings. The zero-order valence-electron chi connectivity index (χ0n) is 15.4. The lowest BCUT2D eigenvalue weighted by molar-refractivity contribution is -0.923. The van der Waals surface area contributed by atoms with E-state index in [2.05, 4.69) is 63.3 Å². The van der Waals surface area contributed by atoms with Crippen molar-refractivity contribution in [1.82, 2.24) is 0 Å². The van der Waals surface area contributed by atoms with E-state index >= 15 is 0 Å². The predicted octanol–water partition coefficient (Wildman–Crippen LogP) is 2.92. The van der Waals surface area contributed by atoms with E-state index in [0.29, 0.717) is 0 Å². The van der Waals surface area contributed by atoms with Crippen molar-refractivity contribution in [3.8, 4) is 0 Å². The maximum Gasteiger partial charge on any atom is 0.0977 e. The van der Waals surface area contributed by atoms with E-state index in [-0.39, 0.29) is 12.4 Å². The molecule has 0 fully saturated rings. The second-order valence-corrected chi connectivity index (χ2v) is 6.57. The maximum atomic E-state index is 2.41. The van der Waals surface area contributed by atoms with Gasteiger partial charge in [-0.3, -0.25) is 0 Å². The summed E-state index contributed by atoms with van der Waals surface area (Å²) in [4.78, 5) is 0. The molecular formula is C21H36ClN. The van der Waals surface area contributed by atoms with Crippen LogP contribution in [0.3, 0.4) is 0 Å². The van der Waals surface area contributed by atoms with Crippen LogP contribution in [-0.4, -0.2) is 30.7 Å². The van der Waals surface area contributed by atoms with Gasteiger partial charge in [0, 0.05) is 0 Å². The first-order valence-corrected chi connectivity index (χ1v) is 9.33. The lowest BCUT2D eigenvalue weighted by Gasteiger charge is -2.38. The molecule has 23 heavy (non-hydrogen) atoms. The summed E-state index contributed by atoms with van der Waals surface area (Å²) >= 11 is 0. The summed E-state index contributed by atoms with van der Waals surface area (Å²) in [6, 6.07) is 10.7. The maximum absolute atomic E-state index is 2.41. The van der Waals surface area contributed by atoms with Crippen molar-refractivity contribution in [3.05, 3.63) is 42.0 Å². The normalized spacial score (nSPS) is 11.6. The minimum Gasteiger partial charge on any atom is -1.00 e. The van der Waals surface area contributed by atoms with Crippen molar-refractivity contribution in [2.24, 2.45) is 0 Å². The first-order valence-electron chi connectivity index (χ1n) is 9.33. The zero-order valence-corrected chi connectivity index (χ0v) is 16.2. The predicted molar refractivity (Wildman–Crippen MR) is 99.9 cm³/mol. The molecule has 2 heteroatoms. The number of benzene rings is 1. The highest BCUT2D eigenvalue weighted by Gasteiger charge is 2.24. The topological polar surface area (TPSA) is 0 Å². The Hall–Kier alpha value is -0.790. The third-order valence-electron chi connectivity index (χ3n) is 4.56. The van der Waals surface area contributed by atoms with Crippen molar-refractivity contribution in [3.63, 3.8) is 0 Å². The van der Waals surface area contributed by atoms with Crippen LogP contribution in [0.2, 0.25) is 0 Å². The van der Waals surface area contributed by atoms with Gasteiger partial charge >= 0.3 is 0 Å². The SMILES string of the molecule is CCCC[N+](CC=Cc1ccccc1)(CCCC)CCCC.[Cl-]. The Labute approximate surface area is 150 Å². The largest absolute Gasteiger partial charge is 1.00 e. The van der Waals surface area contributed by atoms with Gasteiger partial charge in [0.15, 0.2) is 0 Å². The molecule has 0 radical (unpaired) electrons. The first-order chi connectivity index (χ1) is 10.8. The molecule has 0 N–H and O–H groups in total. The minimum atomic E-state index is 0. The van der Waals surface area contributed by atoms with Crippen LogP contribution in [0.1, 0.15) is 64.9 Å². The van der Waals surface area contributed by atoms with Gasteiger partial charge in [-0.15, -0.1) is 0 Å². The number of rotatable bonds is 12. The fourth-order valence-corrected chi connectivity index (χ4v) is 3.07. The summed E-state index contributed by atoms with van der Waals surface area (Å²) in [6.07, 6.45) is 12.7. The molecule has 0 spiro atoms. The summed E-state index contributed by atoms with van der Waals surface area (Å²) in [5.41, 5.74) is 1.32. The monoisotopic (exact) mass is 337 g/mol. The third kappa shape index (κ3) is 9.17. The molecule has 0 aliphatic heterocycles. The van der Waals surface area contributed by atoms with Gasteiger partial charge in [-0.1, -0.05) is 76.4 Å². The number of hydrogen-bond acceptors (Lipinski definition) is 0. The van der Waals surface area contributed by atoms with Gasteiger partial charge in [0.25, 0.3) is 0 Å². The van der Waals surface area contributed by atoms with Crippen LogP contribution in [-0.2, 0) is 0 Å². The lowest BCUT2D eigenvalue weighted by atomic mass is 10.1. The number of nitrogens with zero attached hydrogens (tertiary/aromatic N) is 1. The molecular weight excluding hydrogens is 302 g/mol. The fourth-order valence-electron chi connectivity index (χ4n) is 3.07. The summed E-state index contributed by atoms with van der Waals surface area (Å²) in [5.74, 6) is 0. The summed E-state index contributed by atoms with van der Waals surface area (Å²) in [6.45, 7) is 12.2. The molecule has 0 bridgehead atoms. The lowest BCUT2D eigenvalue weighted by Crippen LogP contribution is -3.00. The van der Waals surface area contributed by atoms with Gasteiger partial charge in [0.1, 0.15) is 0 Å². The van der Waals surface area contributed by atoms with Crippen LogP contribution < -0.4 is 12.4 Å². The number of unbranched alkanes of at least 4 members (excludes halogenated alkanes) is 3. The Kier molecular flexibility index (Phi) is 13.2. The van der Waals surface area contributed by atoms with Crippen molar-refractivity contribution < 1.29 is 16.9 Å². The van der Waals surface area contributed by atoms with Crippen LogP contribution >= 0.6 is 0 Å². The van der Waals surface area contributed by atoms with Gasteiger partial charge in [-0.25, -0.2) is 0 Å². The molecule has 1 nitrogen and oxygen atoms in total. The second kappa shape index (κ2) is 13.6. The Morgan fingerprint density at radius 3 is 1.70 bits per heavy atom. The second-order valence-electron chi connectivity index (χ2n) is 6.57. The molecule has 0 saturated carbocycles. The molecule has 0 aliphatic rings. The molecule has 0 unspecified atom stereocenters. The summed E-state index contributed by atoms with van der Waals surface area (Å²) < 4.78 is 1.29. The Morgan fingerprint density at radius 1 is 0.783 bits per heavy atom. The van der Waals surface area contributed by atoms with Gasteiger partial charge < -0.3 is 16.9 Å². The van der Waals surface area contributed by atoms with E-state index in [1.54, 1.807) is 0 Å². The van der Waals surface area contributed by atoms with Crippen molar-refractivity contribution in [2.45, 2.75) is 59.3 Å². The number of hydrogen-bond donors (Lipinski definition) is 0. The molecule has 0 heterocycles. The minimum absolute atomic E-state index is 0. The quantitative estimate of drug-likeness (QED) is 0.514. The smallest absolute Gasteiger partial charge is 0.0977 e. The Morgan fingerprint density at radius 2 is 1.26 bits per heavy atom. The van der Waals surface area contributed by atoms with E-state index in [1.165, 1.54) is 74.8 Å².